The molecule has 0 heterocycles. The van der Waals surface area contributed by atoms with Crippen LogP contribution in [0.5, 0.6) is 0 Å². The average Bonchev–Trinajstić information content (AvgIpc) is 2.47. The molecule has 0 rings (SSSR count). The third-order valence-corrected chi connectivity index (χ3v) is 3.99. The Morgan fingerprint density at radius 3 is 1.60 bits per heavy atom. The second-order valence-corrected chi connectivity index (χ2v) is 5.91. The van der Waals surface area contributed by atoms with E-state index in [9.17, 15) is 0 Å². The maximum atomic E-state index is 5.57. The molecule has 0 aliphatic carbocycles. The van der Waals surface area contributed by atoms with E-state index < -0.39 is 0 Å². The first-order chi connectivity index (χ1) is 9.85. The zero-order valence-electron chi connectivity index (χ0n) is 14.2. The normalized spacial score (nSPS) is 12.5. The van der Waals surface area contributed by atoms with Gasteiger partial charge in [-0.1, -0.05) is 90.0 Å². The van der Waals surface area contributed by atoms with Gasteiger partial charge in [-0.2, -0.15) is 0 Å². The van der Waals surface area contributed by atoms with Crippen LogP contribution < -0.4 is 0 Å². The van der Waals surface area contributed by atoms with Crippen molar-refractivity contribution in [1.82, 2.24) is 0 Å². The molecule has 20 heavy (non-hydrogen) atoms. The summed E-state index contributed by atoms with van der Waals surface area (Å²) in [6.45, 7) is 8.97. The van der Waals surface area contributed by atoms with Gasteiger partial charge in [0.1, 0.15) is 0 Å². The van der Waals surface area contributed by atoms with Gasteiger partial charge in [-0.3, -0.25) is 0 Å². The van der Waals surface area contributed by atoms with Crippen molar-refractivity contribution in [2.75, 3.05) is 6.61 Å². The molecule has 0 spiro atoms. The molecule has 0 aromatic rings. The Hall–Kier alpha value is -0.300. The number of rotatable bonds is 16. The molecule has 1 heteroatoms. The van der Waals surface area contributed by atoms with Crippen LogP contribution in [-0.2, 0) is 4.74 Å². The Morgan fingerprint density at radius 2 is 1.20 bits per heavy atom. The van der Waals surface area contributed by atoms with Crippen molar-refractivity contribution >= 4 is 0 Å². The quantitative estimate of drug-likeness (QED) is 0.227. The topological polar surface area (TPSA) is 9.23 Å². The summed E-state index contributed by atoms with van der Waals surface area (Å²) in [4.78, 5) is 0. The lowest BCUT2D eigenvalue weighted by Crippen LogP contribution is -2.08. The van der Waals surface area contributed by atoms with Crippen LogP contribution >= 0.6 is 0 Å². The summed E-state index contributed by atoms with van der Waals surface area (Å²) in [5, 5.41) is 0. The molecule has 0 radical (unpaired) electrons. The van der Waals surface area contributed by atoms with E-state index in [1.54, 1.807) is 0 Å². The zero-order chi connectivity index (χ0) is 14.9. The van der Waals surface area contributed by atoms with Gasteiger partial charge in [-0.15, -0.1) is 6.58 Å². The lowest BCUT2D eigenvalue weighted by molar-refractivity contribution is 0.0885. The Morgan fingerprint density at radius 1 is 0.750 bits per heavy atom. The van der Waals surface area contributed by atoms with E-state index in [-0.39, 0.29) is 6.10 Å². The lowest BCUT2D eigenvalue weighted by atomic mass is 10.0. The maximum Gasteiger partial charge on any atom is 0.0753 e. The van der Waals surface area contributed by atoms with Gasteiger partial charge in [0.2, 0.25) is 0 Å². The molecule has 0 bridgehead atoms. The van der Waals surface area contributed by atoms with Gasteiger partial charge in [-0.25, -0.2) is 0 Å². The minimum absolute atomic E-state index is 0.281. The fraction of sp³-hybridized carbons (Fsp3) is 0.895. The van der Waals surface area contributed by atoms with Crippen molar-refractivity contribution in [2.45, 2.75) is 103 Å². The number of hydrogen-bond donors (Lipinski definition) is 0. The maximum absolute atomic E-state index is 5.57. The van der Waals surface area contributed by atoms with Crippen LogP contribution in [0, 0.1) is 0 Å². The van der Waals surface area contributed by atoms with E-state index in [0.29, 0.717) is 0 Å². The SMILES string of the molecule is C=CC(CCCCCCCCCCCCCC)OCC. The first-order valence-corrected chi connectivity index (χ1v) is 9.09. The summed E-state index contributed by atoms with van der Waals surface area (Å²) < 4.78 is 5.57. The van der Waals surface area contributed by atoms with Gasteiger partial charge in [-0.05, 0) is 13.3 Å². The third-order valence-electron chi connectivity index (χ3n) is 3.99. The highest BCUT2D eigenvalue weighted by atomic mass is 16.5. The van der Waals surface area contributed by atoms with Crippen LogP contribution in [0.15, 0.2) is 12.7 Å². The van der Waals surface area contributed by atoms with Crippen molar-refractivity contribution in [3.8, 4) is 0 Å². The summed E-state index contributed by atoms with van der Waals surface area (Å²) >= 11 is 0. The van der Waals surface area contributed by atoms with Gasteiger partial charge in [0.05, 0.1) is 6.10 Å². The molecule has 1 nitrogen and oxygen atoms in total. The van der Waals surface area contributed by atoms with Crippen LogP contribution in [0.1, 0.15) is 97.3 Å². The van der Waals surface area contributed by atoms with E-state index >= 15 is 0 Å². The number of hydrogen-bond acceptors (Lipinski definition) is 1. The standard InChI is InChI=1S/C19H38O/c1-4-7-8-9-10-11-12-13-14-15-16-17-18-19(5-2)20-6-3/h5,19H,2,4,6-18H2,1,3H3. The van der Waals surface area contributed by atoms with Gasteiger partial charge in [0, 0.05) is 6.61 Å². The van der Waals surface area contributed by atoms with Crippen molar-refractivity contribution in [3.05, 3.63) is 12.7 Å². The minimum Gasteiger partial charge on any atom is -0.374 e. The van der Waals surface area contributed by atoms with E-state index in [1.807, 2.05) is 6.08 Å². The molecule has 0 fully saturated rings. The Bertz CT molecular complexity index is 188. The largest absolute Gasteiger partial charge is 0.374 e. The Labute approximate surface area is 128 Å². The smallest absolute Gasteiger partial charge is 0.0753 e. The average molecular weight is 283 g/mol. The van der Waals surface area contributed by atoms with E-state index in [4.69, 9.17) is 4.74 Å². The molecular weight excluding hydrogens is 244 g/mol. The van der Waals surface area contributed by atoms with Crippen molar-refractivity contribution in [3.63, 3.8) is 0 Å². The highest BCUT2D eigenvalue weighted by Gasteiger charge is 2.02. The van der Waals surface area contributed by atoms with Gasteiger partial charge in [0.15, 0.2) is 0 Å². The van der Waals surface area contributed by atoms with Gasteiger partial charge < -0.3 is 4.74 Å². The van der Waals surface area contributed by atoms with Crippen molar-refractivity contribution in [2.24, 2.45) is 0 Å². The molecule has 0 aliphatic rings. The third kappa shape index (κ3) is 14.1. The second-order valence-electron chi connectivity index (χ2n) is 5.91. The fourth-order valence-electron chi connectivity index (χ4n) is 2.67. The molecule has 0 saturated carbocycles. The van der Waals surface area contributed by atoms with Gasteiger partial charge in [0.25, 0.3) is 0 Å². The molecule has 0 saturated heterocycles. The molecule has 120 valence electrons. The van der Waals surface area contributed by atoms with E-state index in [1.165, 1.54) is 77.0 Å². The van der Waals surface area contributed by atoms with Crippen LogP contribution in [0.3, 0.4) is 0 Å². The van der Waals surface area contributed by atoms with E-state index in [2.05, 4.69) is 20.4 Å². The molecule has 0 N–H and O–H groups in total. The lowest BCUT2D eigenvalue weighted by Gasteiger charge is -2.11. The molecule has 0 aliphatic heterocycles. The molecule has 1 unspecified atom stereocenters. The first kappa shape index (κ1) is 19.7. The predicted octanol–water partition coefficient (Wildman–Crippen LogP) is 6.67. The predicted molar refractivity (Wildman–Crippen MR) is 91.3 cm³/mol. The fourth-order valence-corrected chi connectivity index (χ4v) is 2.67. The molecule has 0 aromatic heterocycles. The van der Waals surface area contributed by atoms with Crippen molar-refractivity contribution < 1.29 is 4.74 Å². The Kier molecular flexibility index (Phi) is 16.5. The van der Waals surface area contributed by atoms with Crippen LogP contribution in [0.4, 0.5) is 0 Å². The summed E-state index contributed by atoms with van der Waals surface area (Å²) in [5.41, 5.74) is 0. The van der Waals surface area contributed by atoms with Crippen molar-refractivity contribution in [1.29, 1.82) is 0 Å². The highest BCUT2D eigenvalue weighted by Crippen LogP contribution is 2.13. The molecule has 0 amide bonds. The van der Waals surface area contributed by atoms with Crippen LogP contribution in [-0.4, -0.2) is 12.7 Å². The summed E-state index contributed by atoms with van der Waals surface area (Å²) in [6, 6.07) is 0. The molecule has 0 aromatic carbocycles. The number of unbranched alkanes of at least 4 members (excludes halogenated alkanes) is 11. The Balaban J connectivity index is 3.11. The molecular formula is C19H38O. The summed E-state index contributed by atoms with van der Waals surface area (Å²) in [6.07, 6.45) is 20.3. The second kappa shape index (κ2) is 16.8. The van der Waals surface area contributed by atoms with Crippen LogP contribution in [0.2, 0.25) is 0 Å². The summed E-state index contributed by atoms with van der Waals surface area (Å²) in [7, 11) is 0. The van der Waals surface area contributed by atoms with Gasteiger partial charge >= 0.3 is 0 Å². The minimum atomic E-state index is 0.281. The summed E-state index contributed by atoms with van der Waals surface area (Å²) in [5.74, 6) is 0. The van der Waals surface area contributed by atoms with Crippen LogP contribution in [0.25, 0.3) is 0 Å². The monoisotopic (exact) mass is 282 g/mol. The highest BCUT2D eigenvalue weighted by molar-refractivity contribution is 4.79. The number of ether oxygens (including phenoxy) is 1. The van der Waals surface area contributed by atoms with E-state index in [0.717, 1.165) is 13.0 Å². The first-order valence-electron chi connectivity index (χ1n) is 9.09. The molecule has 1 atom stereocenters. The zero-order valence-corrected chi connectivity index (χ0v) is 14.2.